The standard InChI is InChI=1S/C9H17NO4S/c1-6(2)8(9(11)12)10-7-3-4-15(13,14)5-7/h6-8,10H,3-5H2,1-2H3,(H,11,12)/t7-,8+/m1/s1. The highest BCUT2D eigenvalue weighted by Gasteiger charge is 2.33. The molecule has 0 aromatic rings. The van der Waals surface area contributed by atoms with E-state index in [1.807, 2.05) is 0 Å². The molecule has 0 amide bonds. The number of carboxylic acids is 1. The Kier molecular flexibility index (Phi) is 3.72. The van der Waals surface area contributed by atoms with Crippen LogP contribution in [-0.4, -0.2) is 38.0 Å². The van der Waals surface area contributed by atoms with E-state index in [0.29, 0.717) is 6.42 Å². The van der Waals surface area contributed by atoms with E-state index in [4.69, 9.17) is 0 Å². The molecular weight excluding hydrogens is 218 g/mol. The normalized spacial score (nSPS) is 26.7. The number of carbonyl (C=O) groups is 1. The van der Waals surface area contributed by atoms with Crippen LogP contribution in [0, 0.1) is 5.92 Å². The van der Waals surface area contributed by atoms with Gasteiger partial charge in [-0.2, -0.15) is 0 Å². The Balaban J connectivity index is 2.58. The smallest absolute Gasteiger partial charge is 0.156 e. The number of rotatable bonds is 4. The fourth-order valence-electron chi connectivity index (χ4n) is 1.84. The molecule has 1 rings (SSSR count). The van der Waals surface area contributed by atoms with E-state index in [0.717, 1.165) is 0 Å². The van der Waals surface area contributed by atoms with E-state index < -0.39 is 21.8 Å². The summed E-state index contributed by atoms with van der Waals surface area (Å²) in [5, 5.41) is 12.4. The van der Waals surface area contributed by atoms with Crippen molar-refractivity contribution in [3.05, 3.63) is 0 Å². The van der Waals surface area contributed by atoms with Gasteiger partial charge in [0.25, 0.3) is 0 Å². The van der Waals surface area contributed by atoms with Gasteiger partial charge in [0.15, 0.2) is 9.84 Å². The van der Waals surface area contributed by atoms with Crippen molar-refractivity contribution < 1.29 is 23.6 Å². The lowest BCUT2D eigenvalue weighted by molar-refractivity contribution is -0.715. The van der Waals surface area contributed by atoms with Crippen molar-refractivity contribution in [1.82, 2.24) is 0 Å². The van der Waals surface area contributed by atoms with Crippen molar-refractivity contribution in [2.75, 3.05) is 11.5 Å². The molecule has 1 aliphatic rings. The lowest BCUT2D eigenvalue weighted by Gasteiger charge is -2.22. The number of quaternary nitrogens is 1. The maximum atomic E-state index is 11.2. The van der Waals surface area contributed by atoms with Crippen molar-refractivity contribution in [1.29, 1.82) is 0 Å². The predicted octanol–water partition coefficient (Wildman–Crippen LogP) is -2.49. The molecule has 0 saturated carbocycles. The van der Waals surface area contributed by atoms with Gasteiger partial charge in [-0.15, -0.1) is 0 Å². The average Bonchev–Trinajstić information content (AvgIpc) is 2.40. The average molecular weight is 235 g/mol. The Labute approximate surface area is 89.8 Å². The van der Waals surface area contributed by atoms with Gasteiger partial charge in [0.05, 0.1) is 11.7 Å². The van der Waals surface area contributed by atoms with Crippen LogP contribution >= 0.6 is 0 Å². The highest BCUT2D eigenvalue weighted by atomic mass is 32.2. The molecule has 0 bridgehead atoms. The first kappa shape index (κ1) is 12.4. The highest BCUT2D eigenvalue weighted by Crippen LogP contribution is 2.08. The largest absolute Gasteiger partial charge is 0.544 e. The van der Waals surface area contributed by atoms with Crippen LogP contribution < -0.4 is 10.4 Å². The van der Waals surface area contributed by atoms with Gasteiger partial charge in [-0.3, -0.25) is 0 Å². The predicted molar refractivity (Wildman–Crippen MR) is 52.6 cm³/mol. The van der Waals surface area contributed by atoms with Crippen molar-refractivity contribution in [3.63, 3.8) is 0 Å². The first-order valence-corrected chi connectivity index (χ1v) is 6.90. The van der Waals surface area contributed by atoms with Crippen molar-refractivity contribution in [3.8, 4) is 0 Å². The zero-order chi connectivity index (χ0) is 11.6. The van der Waals surface area contributed by atoms with Crippen LogP contribution in [0.4, 0.5) is 0 Å². The van der Waals surface area contributed by atoms with Crippen LogP contribution in [-0.2, 0) is 14.6 Å². The molecule has 88 valence electrons. The minimum Gasteiger partial charge on any atom is -0.544 e. The van der Waals surface area contributed by atoms with Crippen molar-refractivity contribution in [2.24, 2.45) is 5.92 Å². The van der Waals surface area contributed by atoms with Gasteiger partial charge in [-0.25, -0.2) is 8.42 Å². The fourth-order valence-corrected chi connectivity index (χ4v) is 3.60. The molecule has 6 heteroatoms. The summed E-state index contributed by atoms with van der Waals surface area (Å²) >= 11 is 0. The molecule has 2 N–H and O–H groups in total. The summed E-state index contributed by atoms with van der Waals surface area (Å²) in [6, 6.07) is -0.774. The molecule has 1 saturated heterocycles. The number of sulfone groups is 1. The van der Waals surface area contributed by atoms with Gasteiger partial charge >= 0.3 is 0 Å². The summed E-state index contributed by atoms with van der Waals surface area (Å²) in [7, 11) is -2.94. The van der Waals surface area contributed by atoms with Crippen LogP contribution in [0.25, 0.3) is 0 Å². The summed E-state index contributed by atoms with van der Waals surface area (Å²) in [5.74, 6) is -0.914. The molecule has 2 atom stereocenters. The molecule has 1 aliphatic heterocycles. The quantitative estimate of drug-likeness (QED) is 0.583. The van der Waals surface area contributed by atoms with E-state index in [-0.39, 0.29) is 23.5 Å². The minimum absolute atomic E-state index is 0.0571. The summed E-state index contributed by atoms with van der Waals surface area (Å²) < 4.78 is 22.4. The molecule has 0 spiro atoms. The SMILES string of the molecule is CC(C)[C@H]([NH2+][C@@H]1CCS(=O)(=O)C1)C(=O)[O-]. The monoisotopic (exact) mass is 235 g/mol. The van der Waals surface area contributed by atoms with E-state index in [1.54, 1.807) is 19.2 Å². The molecule has 0 aromatic carbocycles. The van der Waals surface area contributed by atoms with Gasteiger partial charge in [-0.1, -0.05) is 13.8 Å². The summed E-state index contributed by atoms with van der Waals surface area (Å²) in [6.07, 6.45) is 0.541. The van der Waals surface area contributed by atoms with Crippen LogP contribution in [0.2, 0.25) is 0 Å². The maximum absolute atomic E-state index is 11.2. The van der Waals surface area contributed by atoms with Crippen LogP contribution in [0.3, 0.4) is 0 Å². The summed E-state index contributed by atoms with van der Waals surface area (Å²) in [4.78, 5) is 10.8. The first-order valence-electron chi connectivity index (χ1n) is 5.08. The molecule has 0 aliphatic carbocycles. The molecule has 1 fully saturated rings. The summed E-state index contributed by atoms with van der Waals surface area (Å²) in [5.41, 5.74) is 0. The van der Waals surface area contributed by atoms with E-state index in [2.05, 4.69) is 0 Å². The van der Waals surface area contributed by atoms with Gasteiger partial charge in [0.2, 0.25) is 0 Å². The van der Waals surface area contributed by atoms with Gasteiger partial charge in [0.1, 0.15) is 17.8 Å². The van der Waals surface area contributed by atoms with Gasteiger partial charge in [0, 0.05) is 12.3 Å². The first-order chi connectivity index (χ1) is 6.82. The molecule has 15 heavy (non-hydrogen) atoms. The summed E-state index contributed by atoms with van der Waals surface area (Å²) in [6.45, 7) is 3.58. The third-order valence-corrected chi connectivity index (χ3v) is 4.53. The Morgan fingerprint density at radius 2 is 2.07 bits per heavy atom. The van der Waals surface area contributed by atoms with Crippen molar-refractivity contribution >= 4 is 15.8 Å². The Morgan fingerprint density at radius 3 is 2.40 bits per heavy atom. The van der Waals surface area contributed by atoms with Crippen LogP contribution in [0.1, 0.15) is 20.3 Å². The Bertz CT molecular complexity index is 336. The highest BCUT2D eigenvalue weighted by molar-refractivity contribution is 7.91. The lowest BCUT2D eigenvalue weighted by Crippen LogP contribution is -2.99. The zero-order valence-corrected chi connectivity index (χ0v) is 9.79. The zero-order valence-electron chi connectivity index (χ0n) is 8.97. The van der Waals surface area contributed by atoms with E-state index >= 15 is 0 Å². The number of aliphatic carboxylic acids is 1. The molecule has 0 unspecified atom stereocenters. The second-order valence-corrected chi connectivity index (χ2v) is 6.67. The number of hydrogen-bond donors (Lipinski definition) is 1. The molecule has 5 nitrogen and oxygen atoms in total. The molecular formula is C9H17NO4S. The van der Waals surface area contributed by atoms with E-state index in [1.165, 1.54) is 0 Å². The number of carbonyl (C=O) groups excluding carboxylic acids is 1. The second-order valence-electron chi connectivity index (χ2n) is 4.44. The number of hydrogen-bond acceptors (Lipinski definition) is 4. The van der Waals surface area contributed by atoms with Crippen LogP contribution in [0.15, 0.2) is 0 Å². The molecule has 0 radical (unpaired) electrons. The fraction of sp³-hybridized carbons (Fsp3) is 0.889. The van der Waals surface area contributed by atoms with Crippen LogP contribution in [0.5, 0.6) is 0 Å². The Morgan fingerprint density at radius 1 is 1.47 bits per heavy atom. The van der Waals surface area contributed by atoms with E-state index in [9.17, 15) is 18.3 Å². The number of nitrogens with two attached hydrogens (primary N) is 1. The van der Waals surface area contributed by atoms with Crippen molar-refractivity contribution in [2.45, 2.75) is 32.4 Å². The Hall–Kier alpha value is -0.620. The minimum atomic E-state index is -2.94. The number of carboxylic acid groups (broad SMARTS) is 1. The topological polar surface area (TPSA) is 90.9 Å². The third-order valence-electron chi connectivity index (χ3n) is 2.74. The lowest BCUT2D eigenvalue weighted by atomic mass is 10.0. The molecule has 0 aromatic heterocycles. The van der Waals surface area contributed by atoms with Gasteiger partial charge in [-0.05, 0) is 0 Å². The maximum Gasteiger partial charge on any atom is 0.156 e. The molecule has 1 heterocycles. The van der Waals surface area contributed by atoms with Gasteiger partial charge < -0.3 is 15.2 Å². The second kappa shape index (κ2) is 4.49. The third kappa shape index (κ3) is 3.46.